The molecule has 0 amide bonds. The van der Waals surface area contributed by atoms with Gasteiger partial charge in [-0.1, -0.05) is 53.5 Å². The maximum absolute atomic E-state index is 12.4. The summed E-state index contributed by atoms with van der Waals surface area (Å²) in [5, 5.41) is 4.09. The molecule has 6 heteroatoms. The predicted molar refractivity (Wildman–Crippen MR) is 131 cm³/mol. The van der Waals surface area contributed by atoms with Crippen molar-refractivity contribution in [2.24, 2.45) is 4.99 Å². The van der Waals surface area contributed by atoms with E-state index in [0.29, 0.717) is 15.6 Å². The fourth-order valence-electron chi connectivity index (χ4n) is 2.89. The molecule has 0 unspecified atom stereocenters. The van der Waals surface area contributed by atoms with Crippen molar-refractivity contribution in [3.05, 3.63) is 118 Å². The highest BCUT2D eigenvalue weighted by Crippen LogP contribution is 2.28. The van der Waals surface area contributed by atoms with Crippen LogP contribution in [0.2, 0.25) is 10.0 Å². The van der Waals surface area contributed by atoms with E-state index in [9.17, 15) is 4.79 Å². The molecule has 4 aromatic carbocycles. The van der Waals surface area contributed by atoms with Crippen LogP contribution in [-0.4, -0.2) is 12.2 Å². The third kappa shape index (κ3) is 5.76. The Morgan fingerprint density at radius 2 is 1.50 bits per heavy atom. The number of hydrogen-bond donors (Lipinski definition) is 1. The molecule has 4 nitrogen and oxygen atoms in total. The van der Waals surface area contributed by atoms with Gasteiger partial charge in [0.15, 0.2) is 5.75 Å². The molecule has 0 aliphatic rings. The number of esters is 1. The minimum Gasteiger partial charge on any atom is -0.421 e. The summed E-state index contributed by atoms with van der Waals surface area (Å²) in [6.07, 6.45) is 1.74. The summed E-state index contributed by atoms with van der Waals surface area (Å²) in [6, 6.07) is 29.4. The number of halogens is 2. The van der Waals surface area contributed by atoms with Gasteiger partial charge in [0.25, 0.3) is 0 Å². The van der Waals surface area contributed by atoms with Crippen molar-refractivity contribution in [2.45, 2.75) is 0 Å². The van der Waals surface area contributed by atoms with E-state index in [2.05, 4.69) is 10.3 Å². The number of anilines is 2. The zero-order valence-electron chi connectivity index (χ0n) is 16.8. The molecule has 0 bridgehead atoms. The van der Waals surface area contributed by atoms with Crippen LogP contribution >= 0.6 is 23.2 Å². The first kappa shape index (κ1) is 21.6. The predicted octanol–water partition coefficient (Wildman–Crippen LogP) is 7.71. The third-order valence-electron chi connectivity index (χ3n) is 4.53. The van der Waals surface area contributed by atoms with Gasteiger partial charge in [-0.3, -0.25) is 4.99 Å². The summed E-state index contributed by atoms with van der Waals surface area (Å²) in [5.41, 5.74) is 4.09. The molecular weight excluding hydrogens is 443 g/mol. The Kier molecular flexibility index (Phi) is 6.85. The molecule has 0 spiro atoms. The molecule has 0 aliphatic heterocycles. The van der Waals surface area contributed by atoms with Gasteiger partial charge in [0, 0.05) is 28.7 Å². The molecule has 1 N–H and O–H groups in total. The molecule has 4 aromatic rings. The number of nitrogens with zero attached hydrogens (tertiary/aromatic N) is 1. The molecule has 4 rings (SSSR count). The van der Waals surface area contributed by atoms with Gasteiger partial charge in [-0.25, -0.2) is 4.79 Å². The van der Waals surface area contributed by atoms with E-state index in [1.54, 1.807) is 42.6 Å². The molecule has 0 heterocycles. The minimum absolute atomic E-state index is 0.222. The SMILES string of the molecule is O=C(Oc1cc(Cl)ccc1Cl)c1ccc(C=Nc2ccc(Nc3ccccc3)cc2)cc1. The van der Waals surface area contributed by atoms with Gasteiger partial charge < -0.3 is 10.1 Å². The summed E-state index contributed by atoms with van der Waals surface area (Å²) < 4.78 is 5.34. The van der Waals surface area contributed by atoms with Crippen molar-refractivity contribution in [2.75, 3.05) is 5.32 Å². The van der Waals surface area contributed by atoms with Gasteiger partial charge in [-0.15, -0.1) is 0 Å². The zero-order valence-corrected chi connectivity index (χ0v) is 18.3. The average molecular weight is 461 g/mol. The van der Waals surface area contributed by atoms with Crippen LogP contribution in [0, 0.1) is 0 Å². The van der Waals surface area contributed by atoms with Gasteiger partial charge in [-0.05, 0) is 66.2 Å². The normalized spacial score (nSPS) is 10.8. The van der Waals surface area contributed by atoms with E-state index in [1.807, 2.05) is 54.6 Å². The molecule has 0 aromatic heterocycles. The Hall–Kier alpha value is -3.60. The van der Waals surface area contributed by atoms with Crippen molar-refractivity contribution in [1.82, 2.24) is 0 Å². The number of benzene rings is 4. The molecule has 158 valence electrons. The topological polar surface area (TPSA) is 50.7 Å². The summed E-state index contributed by atoms with van der Waals surface area (Å²) in [6.45, 7) is 0. The maximum atomic E-state index is 12.4. The first-order valence-electron chi connectivity index (χ1n) is 9.80. The maximum Gasteiger partial charge on any atom is 0.343 e. The van der Waals surface area contributed by atoms with E-state index >= 15 is 0 Å². The quantitative estimate of drug-likeness (QED) is 0.182. The molecule has 32 heavy (non-hydrogen) atoms. The van der Waals surface area contributed by atoms with Crippen LogP contribution in [0.15, 0.2) is 102 Å². The zero-order chi connectivity index (χ0) is 22.3. The van der Waals surface area contributed by atoms with Gasteiger partial charge in [0.05, 0.1) is 16.3 Å². The first-order valence-corrected chi connectivity index (χ1v) is 10.6. The number of carbonyl (C=O) groups excluding carboxylic acids is 1. The number of carbonyl (C=O) groups is 1. The van der Waals surface area contributed by atoms with Crippen LogP contribution in [0.4, 0.5) is 17.1 Å². The van der Waals surface area contributed by atoms with Crippen LogP contribution in [0.25, 0.3) is 0 Å². The minimum atomic E-state index is -0.515. The van der Waals surface area contributed by atoms with Gasteiger partial charge in [-0.2, -0.15) is 0 Å². The summed E-state index contributed by atoms with van der Waals surface area (Å²) in [7, 11) is 0. The molecule has 0 saturated heterocycles. The van der Waals surface area contributed by atoms with Gasteiger partial charge in [0.2, 0.25) is 0 Å². The first-order chi connectivity index (χ1) is 15.6. The van der Waals surface area contributed by atoms with Crippen LogP contribution in [-0.2, 0) is 0 Å². The summed E-state index contributed by atoms with van der Waals surface area (Å²) in [5.74, 6) is -0.292. The lowest BCUT2D eigenvalue weighted by molar-refractivity contribution is 0.0735. The monoisotopic (exact) mass is 460 g/mol. The van der Waals surface area contributed by atoms with Crippen LogP contribution in [0.3, 0.4) is 0 Å². The highest BCUT2D eigenvalue weighted by atomic mass is 35.5. The number of nitrogens with one attached hydrogen (secondary N) is 1. The number of rotatable bonds is 6. The Balaban J connectivity index is 1.37. The van der Waals surface area contributed by atoms with Gasteiger partial charge in [0.1, 0.15) is 0 Å². The van der Waals surface area contributed by atoms with Crippen molar-refractivity contribution in [3.8, 4) is 5.75 Å². The standard InChI is InChI=1S/C26H18Cl2N2O2/c27-20-10-15-24(28)25(16-20)32-26(31)19-8-6-18(7-9-19)17-29-21-11-13-23(14-12-21)30-22-4-2-1-3-5-22/h1-17,30H. The van der Waals surface area contributed by atoms with E-state index in [4.69, 9.17) is 27.9 Å². The average Bonchev–Trinajstić information content (AvgIpc) is 2.82. The lowest BCUT2D eigenvalue weighted by Gasteiger charge is -2.07. The molecule has 0 fully saturated rings. The Morgan fingerprint density at radius 1 is 0.812 bits per heavy atom. The lowest BCUT2D eigenvalue weighted by atomic mass is 10.1. The highest BCUT2D eigenvalue weighted by Gasteiger charge is 2.11. The van der Waals surface area contributed by atoms with Gasteiger partial charge >= 0.3 is 5.97 Å². The van der Waals surface area contributed by atoms with Crippen LogP contribution < -0.4 is 10.1 Å². The number of ether oxygens (including phenoxy) is 1. The molecule has 0 atom stereocenters. The molecule has 0 radical (unpaired) electrons. The second-order valence-electron chi connectivity index (χ2n) is 6.88. The van der Waals surface area contributed by atoms with Crippen molar-refractivity contribution < 1.29 is 9.53 Å². The Bertz CT molecular complexity index is 1240. The fraction of sp³-hybridized carbons (Fsp3) is 0. The third-order valence-corrected chi connectivity index (χ3v) is 5.08. The summed E-state index contributed by atoms with van der Waals surface area (Å²) >= 11 is 12.0. The van der Waals surface area contributed by atoms with E-state index in [1.165, 1.54) is 6.07 Å². The number of aliphatic imine (C=N–C) groups is 1. The molecule has 0 saturated carbocycles. The number of para-hydroxylation sites is 1. The smallest absolute Gasteiger partial charge is 0.343 e. The Morgan fingerprint density at radius 3 is 2.22 bits per heavy atom. The van der Waals surface area contributed by atoms with E-state index in [0.717, 1.165) is 22.6 Å². The largest absolute Gasteiger partial charge is 0.421 e. The van der Waals surface area contributed by atoms with Crippen molar-refractivity contribution >= 4 is 52.4 Å². The van der Waals surface area contributed by atoms with E-state index < -0.39 is 5.97 Å². The van der Waals surface area contributed by atoms with Crippen LogP contribution in [0.5, 0.6) is 5.75 Å². The van der Waals surface area contributed by atoms with Crippen molar-refractivity contribution in [1.29, 1.82) is 0 Å². The lowest BCUT2D eigenvalue weighted by Crippen LogP contribution is -2.08. The second kappa shape index (κ2) is 10.1. The fourth-order valence-corrected chi connectivity index (χ4v) is 3.21. The van der Waals surface area contributed by atoms with E-state index in [-0.39, 0.29) is 5.75 Å². The Labute approximate surface area is 196 Å². The molecule has 0 aliphatic carbocycles. The molecular formula is C26H18Cl2N2O2. The highest BCUT2D eigenvalue weighted by molar-refractivity contribution is 6.34. The second-order valence-corrected chi connectivity index (χ2v) is 7.73. The number of hydrogen-bond acceptors (Lipinski definition) is 4. The van der Waals surface area contributed by atoms with Crippen molar-refractivity contribution in [3.63, 3.8) is 0 Å². The summed E-state index contributed by atoms with van der Waals surface area (Å²) in [4.78, 5) is 16.9. The van der Waals surface area contributed by atoms with Crippen LogP contribution in [0.1, 0.15) is 15.9 Å².